The van der Waals surface area contributed by atoms with Gasteiger partial charge < -0.3 is 0 Å². The summed E-state index contributed by atoms with van der Waals surface area (Å²) in [6, 6.07) is 1.92. The van der Waals surface area contributed by atoms with Crippen molar-refractivity contribution in [2.45, 2.75) is 32.3 Å². The number of rotatable bonds is 4. The van der Waals surface area contributed by atoms with Gasteiger partial charge in [0.2, 0.25) is 0 Å². The molecule has 0 radical (unpaired) electrons. The third-order valence-corrected chi connectivity index (χ3v) is 2.63. The molecule has 0 saturated carbocycles. The molecule has 14 heavy (non-hydrogen) atoms. The number of nitrogens with zero attached hydrogens (tertiary/aromatic N) is 2. The summed E-state index contributed by atoms with van der Waals surface area (Å²) < 4.78 is 0. The third-order valence-electron chi connectivity index (χ3n) is 1.72. The molecule has 0 N–H and O–H groups in total. The Morgan fingerprint density at radius 1 is 1.36 bits per heavy atom. The first-order valence-corrected chi connectivity index (χ1v) is 5.57. The molecule has 0 aliphatic carbocycles. The molecule has 76 valence electrons. The molecule has 1 heterocycles. The van der Waals surface area contributed by atoms with E-state index < -0.39 is 0 Å². The first-order valence-electron chi connectivity index (χ1n) is 4.58. The van der Waals surface area contributed by atoms with E-state index in [4.69, 9.17) is 0 Å². The van der Waals surface area contributed by atoms with Gasteiger partial charge in [-0.25, -0.2) is 9.97 Å². The second-order valence-corrected chi connectivity index (χ2v) is 4.06. The second kappa shape index (κ2) is 5.10. The van der Waals surface area contributed by atoms with Gasteiger partial charge >= 0.3 is 0 Å². The van der Waals surface area contributed by atoms with Crippen molar-refractivity contribution < 1.29 is 4.79 Å². The lowest BCUT2D eigenvalue weighted by molar-refractivity contribution is -0.116. The molecule has 0 fully saturated rings. The van der Waals surface area contributed by atoms with Crippen molar-refractivity contribution in [3.05, 3.63) is 17.5 Å². The predicted octanol–water partition coefficient (Wildman–Crippen LogP) is 2.16. The standard InChI is InChI=1S/C10H14N2OS/c1-4-9(13)6-14-10-11-7(2)5-8(3)12-10/h5H,4,6H2,1-3H3. The molecule has 4 heteroatoms. The van der Waals surface area contributed by atoms with E-state index in [2.05, 4.69) is 9.97 Å². The topological polar surface area (TPSA) is 42.9 Å². The fourth-order valence-corrected chi connectivity index (χ4v) is 1.92. The first-order chi connectivity index (χ1) is 6.61. The van der Waals surface area contributed by atoms with Crippen LogP contribution in [0.4, 0.5) is 0 Å². The van der Waals surface area contributed by atoms with Crippen LogP contribution in [0.2, 0.25) is 0 Å². The second-order valence-electron chi connectivity index (χ2n) is 3.11. The van der Waals surface area contributed by atoms with Gasteiger partial charge in [-0.2, -0.15) is 0 Å². The van der Waals surface area contributed by atoms with Crippen LogP contribution < -0.4 is 0 Å². The number of aryl methyl sites for hydroxylation is 2. The van der Waals surface area contributed by atoms with E-state index in [1.54, 1.807) is 0 Å². The highest BCUT2D eigenvalue weighted by molar-refractivity contribution is 7.99. The Bertz CT molecular complexity index is 319. The number of carbonyl (C=O) groups is 1. The number of aromatic nitrogens is 2. The molecule has 0 unspecified atom stereocenters. The fourth-order valence-electron chi connectivity index (χ4n) is 1.01. The summed E-state index contributed by atoms with van der Waals surface area (Å²) >= 11 is 1.41. The molecular weight excluding hydrogens is 196 g/mol. The van der Waals surface area contributed by atoms with E-state index in [0.717, 1.165) is 11.4 Å². The maximum atomic E-state index is 11.1. The smallest absolute Gasteiger partial charge is 0.188 e. The van der Waals surface area contributed by atoms with Crippen LogP contribution in [-0.4, -0.2) is 21.5 Å². The van der Waals surface area contributed by atoms with Crippen LogP contribution in [0.1, 0.15) is 24.7 Å². The van der Waals surface area contributed by atoms with Gasteiger partial charge in [0, 0.05) is 17.8 Å². The van der Waals surface area contributed by atoms with Crippen LogP contribution in [0, 0.1) is 13.8 Å². The summed E-state index contributed by atoms with van der Waals surface area (Å²) in [5, 5.41) is 0.698. The molecule has 3 nitrogen and oxygen atoms in total. The molecule has 1 aromatic heterocycles. The van der Waals surface area contributed by atoms with Crippen molar-refractivity contribution in [3.63, 3.8) is 0 Å². The zero-order valence-corrected chi connectivity index (χ0v) is 9.52. The normalized spacial score (nSPS) is 10.2. The number of ketones is 1. The number of Topliss-reactive ketones (excluding diaryl/α,β-unsaturated/α-hetero) is 1. The van der Waals surface area contributed by atoms with Crippen LogP contribution in [0.3, 0.4) is 0 Å². The molecule has 0 saturated heterocycles. The SMILES string of the molecule is CCC(=O)CSc1nc(C)cc(C)n1. The zero-order valence-electron chi connectivity index (χ0n) is 8.70. The summed E-state index contributed by atoms with van der Waals surface area (Å²) in [7, 11) is 0. The summed E-state index contributed by atoms with van der Waals surface area (Å²) in [5.74, 6) is 0.706. The Balaban J connectivity index is 2.63. The van der Waals surface area contributed by atoms with Crippen LogP contribution in [-0.2, 0) is 4.79 Å². The van der Waals surface area contributed by atoms with E-state index in [1.807, 2.05) is 26.8 Å². The summed E-state index contributed by atoms with van der Waals surface area (Å²) in [5.41, 5.74) is 1.90. The van der Waals surface area contributed by atoms with Crippen LogP contribution >= 0.6 is 11.8 Å². The molecule has 0 atom stereocenters. The van der Waals surface area contributed by atoms with Gasteiger partial charge in [-0.05, 0) is 19.9 Å². The highest BCUT2D eigenvalue weighted by Gasteiger charge is 2.03. The summed E-state index contributed by atoms with van der Waals surface area (Å²) in [4.78, 5) is 19.6. The Morgan fingerprint density at radius 2 is 1.93 bits per heavy atom. The number of thioether (sulfide) groups is 1. The lowest BCUT2D eigenvalue weighted by atomic mass is 10.4. The van der Waals surface area contributed by atoms with E-state index in [1.165, 1.54) is 11.8 Å². The maximum Gasteiger partial charge on any atom is 0.188 e. The molecule has 1 rings (SSSR count). The van der Waals surface area contributed by atoms with Crippen molar-refractivity contribution in [1.82, 2.24) is 9.97 Å². The monoisotopic (exact) mass is 210 g/mol. The molecule has 0 spiro atoms. The largest absolute Gasteiger partial charge is 0.299 e. The highest BCUT2D eigenvalue weighted by atomic mass is 32.2. The minimum atomic E-state index is 0.234. The van der Waals surface area contributed by atoms with Gasteiger partial charge in [0.25, 0.3) is 0 Å². The zero-order chi connectivity index (χ0) is 10.6. The van der Waals surface area contributed by atoms with E-state index >= 15 is 0 Å². The third kappa shape index (κ3) is 3.46. The quantitative estimate of drug-likeness (QED) is 0.564. The molecule has 0 bridgehead atoms. The Kier molecular flexibility index (Phi) is 4.07. The molecule has 1 aromatic rings. The van der Waals surface area contributed by atoms with Crippen molar-refractivity contribution in [2.75, 3.05) is 5.75 Å². The average molecular weight is 210 g/mol. The summed E-state index contributed by atoms with van der Waals surface area (Å²) in [6.45, 7) is 5.73. The van der Waals surface area contributed by atoms with Crippen molar-refractivity contribution in [2.24, 2.45) is 0 Å². The molecule has 0 aromatic carbocycles. The number of hydrogen-bond acceptors (Lipinski definition) is 4. The van der Waals surface area contributed by atoms with Crippen LogP contribution in [0.25, 0.3) is 0 Å². The minimum Gasteiger partial charge on any atom is -0.299 e. The van der Waals surface area contributed by atoms with Gasteiger partial charge in [0.1, 0.15) is 5.78 Å². The summed E-state index contributed by atoms with van der Waals surface area (Å²) in [6.07, 6.45) is 0.581. The molecule has 0 aliphatic heterocycles. The van der Waals surface area contributed by atoms with E-state index in [0.29, 0.717) is 17.3 Å². The number of carbonyl (C=O) groups excluding carboxylic acids is 1. The predicted molar refractivity (Wildman–Crippen MR) is 57.5 cm³/mol. The van der Waals surface area contributed by atoms with Gasteiger partial charge in [0.15, 0.2) is 5.16 Å². The Morgan fingerprint density at radius 3 is 2.43 bits per heavy atom. The lowest BCUT2D eigenvalue weighted by Gasteiger charge is -2.01. The number of hydrogen-bond donors (Lipinski definition) is 0. The maximum absolute atomic E-state index is 11.1. The Labute approximate surface area is 88.3 Å². The van der Waals surface area contributed by atoms with Gasteiger partial charge in [-0.3, -0.25) is 4.79 Å². The highest BCUT2D eigenvalue weighted by Crippen LogP contribution is 2.14. The Hall–Kier alpha value is -0.900. The van der Waals surface area contributed by atoms with E-state index in [-0.39, 0.29) is 5.78 Å². The fraction of sp³-hybridized carbons (Fsp3) is 0.500. The van der Waals surface area contributed by atoms with Gasteiger partial charge in [-0.1, -0.05) is 18.7 Å². The lowest BCUT2D eigenvalue weighted by Crippen LogP contribution is -2.00. The first kappa shape index (κ1) is 11.2. The van der Waals surface area contributed by atoms with E-state index in [9.17, 15) is 4.79 Å². The van der Waals surface area contributed by atoms with Gasteiger partial charge in [0.05, 0.1) is 5.75 Å². The minimum absolute atomic E-state index is 0.234. The molecule has 0 amide bonds. The average Bonchev–Trinajstić information content (AvgIpc) is 2.12. The van der Waals surface area contributed by atoms with Crippen LogP contribution in [0.5, 0.6) is 0 Å². The van der Waals surface area contributed by atoms with Crippen LogP contribution in [0.15, 0.2) is 11.2 Å². The van der Waals surface area contributed by atoms with Crippen molar-refractivity contribution in [3.8, 4) is 0 Å². The molecule has 0 aliphatic rings. The van der Waals surface area contributed by atoms with Crippen molar-refractivity contribution >= 4 is 17.5 Å². The molecular formula is C10H14N2OS. The van der Waals surface area contributed by atoms with Gasteiger partial charge in [-0.15, -0.1) is 0 Å². The van der Waals surface area contributed by atoms with Crippen molar-refractivity contribution in [1.29, 1.82) is 0 Å².